The van der Waals surface area contributed by atoms with Crippen LogP contribution in [0.25, 0.3) is 21.5 Å². The fourth-order valence-electron chi connectivity index (χ4n) is 2.95. The number of hydrogen-bond donors (Lipinski definition) is 1. The van der Waals surface area contributed by atoms with Crippen LogP contribution in [0.1, 0.15) is 29.0 Å². The number of benzene rings is 1. The van der Waals surface area contributed by atoms with Crippen LogP contribution in [-0.4, -0.2) is 15.0 Å². The minimum Gasteiger partial charge on any atom is -0.313 e. The highest BCUT2D eigenvalue weighted by Crippen LogP contribution is 2.35. The van der Waals surface area contributed by atoms with E-state index in [2.05, 4.69) is 16.0 Å². The monoisotopic (exact) mass is 297 g/mol. The molecule has 0 saturated carbocycles. The molecule has 0 amide bonds. The molecule has 0 fully saturated rings. The van der Waals surface area contributed by atoms with E-state index in [1.807, 2.05) is 13.0 Å². The zero-order valence-corrected chi connectivity index (χ0v) is 12.6. The Bertz CT molecular complexity index is 871. The minimum atomic E-state index is -0.0914. The van der Waals surface area contributed by atoms with Gasteiger partial charge in [0.05, 0.1) is 22.9 Å². The lowest BCUT2D eigenvalue weighted by molar-refractivity contribution is 0.682. The van der Waals surface area contributed by atoms with Crippen LogP contribution >= 0.6 is 11.3 Å². The fraction of sp³-hybridized carbons (Fsp3) is 0.312. The molecular formula is C16H15N3OS. The number of thiazole rings is 1. The minimum absolute atomic E-state index is 0.0914. The van der Waals surface area contributed by atoms with Crippen LogP contribution in [-0.2, 0) is 12.8 Å². The third-order valence-electron chi connectivity index (χ3n) is 3.96. The number of H-pyrrole nitrogens is 1. The number of aryl methyl sites for hydroxylation is 3. The Labute approximate surface area is 125 Å². The quantitative estimate of drug-likeness (QED) is 0.750. The van der Waals surface area contributed by atoms with Crippen molar-refractivity contribution in [1.29, 1.82) is 0 Å². The molecule has 1 aliphatic carbocycles. The van der Waals surface area contributed by atoms with Crippen molar-refractivity contribution in [2.24, 2.45) is 0 Å². The van der Waals surface area contributed by atoms with Gasteiger partial charge in [0.2, 0.25) is 0 Å². The summed E-state index contributed by atoms with van der Waals surface area (Å²) in [7, 11) is 0. The highest BCUT2D eigenvalue weighted by atomic mass is 32.1. The van der Waals surface area contributed by atoms with Crippen molar-refractivity contribution < 1.29 is 0 Å². The molecule has 0 aliphatic heterocycles. The second kappa shape index (κ2) is 4.77. The second-order valence-electron chi connectivity index (χ2n) is 5.54. The number of aromatic amines is 1. The van der Waals surface area contributed by atoms with E-state index in [0.717, 1.165) is 34.5 Å². The van der Waals surface area contributed by atoms with Crippen molar-refractivity contribution >= 4 is 22.2 Å². The maximum atomic E-state index is 12.0. The molecule has 1 aromatic carbocycles. The summed E-state index contributed by atoms with van der Waals surface area (Å²) in [6.45, 7) is 2.00. The second-order valence-corrected chi connectivity index (χ2v) is 6.62. The van der Waals surface area contributed by atoms with Gasteiger partial charge in [0.1, 0.15) is 5.01 Å². The third kappa shape index (κ3) is 2.08. The lowest BCUT2D eigenvalue weighted by Gasteiger charge is -2.06. The Morgan fingerprint density at radius 1 is 1.24 bits per heavy atom. The van der Waals surface area contributed by atoms with Crippen LogP contribution in [0.3, 0.4) is 0 Å². The van der Waals surface area contributed by atoms with E-state index in [1.54, 1.807) is 11.3 Å². The number of fused-ring (bicyclic) bond motifs is 2. The van der Waals surface area contributed by atoms with Gasteiger partial charge in [-0.25, -0.2) is 9.97 Å². The number of rotatable bonds is 1. The first-order valence-electron chi connectivity index (χ1n) is 7.19. The topological polar surface area (TPSA) is 58.6 Å². The molecule has 3 aromatic rings. The van der Waals surface area contributed by atoms with E-state index in [4.69, 9.17) is 4.98 Å². The Morgan fingerprint density at radius 2 is 2.10 bits per heavy atom. The molecule has 106 valence electrons. The highest BCUT2D eigenvalue weighted by Gasteiger charge is 2.18. The summed E-state index contributed by atoms with van der Waals surface area (Å²) in [6.07, 6.45) is 6.15. The largest absolute Gasteiger partial charge is 0.313 e. The molecule has 4 nitrogen and oxygen atoms in total. The van der Waals surface area contributed by atoms with E-state index < -0.39 is 0 Å². The molecule has 0 unspecified atom stereocenters. The van der Waals surface area contributed by atoms with Gasteiger partial charge in [0, 0.05) is 10.4 Å². The van der Waals surface area contributed by atoms with Crippen LogP contribution in [0.5, 0.6) is 0 Å². The van der Waals surface area contributed by atoms with Crippen molar-refractivity contribution in [3.63, 3.8) is 0 Å². The van der Waals surface area contributed by atoms with Gasteiger partial charge in [0.15, 0.2) is 0 Å². The molecule has 0 radical (unpaired) electrons. The Morgan fingerprint density at radius 3 is 2.95 bits per heavy atom. The van der Waals surface area contributed by atoms with Gasteiger partial charge < -0.3 is 4.98 Å². The van der Waals surface area contributed by atoms with Gasteiger partial charge >= 0.3 is 0 Å². The fourth-order valence-corrected chi connectivity index (χ4v) is 4.12. The molecule has 0 saturated heterocycles. The number of aromatic nitrogens is 3. The van der Waals surface area contributed by atoms with Crippen molar-refractivity contribution in [2.45, 2.75) is 32.6 Å². The molecule has 2 heterocycles. The molecule has 5 heteroatoms. The van der Waals surface area contributed by atoms with Gasteiger partial charge in [-0.05, 0) is 50.3 Å². The number of hydrogen-bond acceptors (Lipinski definition) is 4. The summed E-state index contributed by atoms with van der Waals surface area (Å²) in [4.78, 5) is 25.2. The maximum Gasteiger partial charge on any atom is 0.258 e. The summed E-state index contributed by atoms with van der Waals surface area (Å²) >= 11 is 1.75. The van der Waals surface area contributed by atoms with Gasteiger partial charge in [-0.2, -0.15) is 0 Å². The first kappa shape index (κ1) is 12.7. The molecule has 2 aromatic heterocycles. The summed E-state index contributed by atoms with van der Waals surface area (Å²) in [5.74, 6) is 0. The van der Waals surface area contributed by atoms with E-state index in [0.29, 0.717) is 5.39 Å². The van der Waals surface area contributed by atoms with Crippen LogP contribution in [0.4, 0.5) is 0 Å². The highest BCUT2D eigenvalue weighted by molar-refractivity contribution is 7.15. The van der Waals surface area contributed by atoms with Crippen molar-refractivity contribution in [3.05, 3.63) is 44.9 Å². The van der Waals surface area contributed by atoms with Crippen LogP contribution in [0, 0.1) is 6.92 Å². The third-order valence-corrected chi connectivity index (χ3v) is 5.15. The normalized spacial score (nSPS) is 14.3. The van der Waals surface area contributed by atoms with Crippen LogP contribution < -0.4 is 5.56 Å². The Hall–Kier alpha value is -2.01. The molecule has 1 aliphatic rings. The molecule has 0 spiro atoms. The molecular weight excluding hydrogens is 282 g/mol. The van der Waals surface area contributed by atoms with Gasteiger partial charge in [-0.1, -0.05) is 0 Å². The standard InChI is InChI=1S/C16H15N3OS/c1-9-6-10-14(17-8-18-15(10)20)11(7-9)16-19-12-4-2-3-5-13(12)21-16/h6-8H,2-5H2,1H3,(H,17,18,20). The Balaban J connectivity index is 2.00. The van der Waals surface area contributed by atoms with Gasteiger partial charge in [0.25, 0.3) is 5.56 Å². The lowest BCUT2D eigenvalue weighted by Crippen LogP contribution is -2.07. The lowest BCUT2D eigenvalue weighted by atomic mass is 10.0. The summed E-state index contributed by atoms with van der Waals surface area (Å²) in [6, 6.07) is 3.97. The predicted octanol–water partition coefficient (Wildman–Crippen LogP) is 3.23. The van der Waals surface area contributed by atoms with E-state index in [9.17, 15) is 4.79 Å². The van der Waals surface area contributed by atoms with Crippen LogP contribution in [0.2, 0.25) is 0 Å². The Kier molecular flexibility index (Phi) is 2.89. The van der Waals surface area contributed by atoms with Gasteiger partial charge in [-0.15, -0.1) is 11.3 Å². The number of nitrogens with zero attached hydrogens (tertiary/aromatic N) is 2. The number of nitrogens with one attached hydrogen (secondary N) is 1. The average Bonchev–Trinajstić information content (AvgIpc) is 2.91. The van der Waals surface area contributed by atoms with E-state index in [1.165, 1.54) is 29.7 Å². The first-order chi connectivity index (χ1) is 10.2. The van der Waals surface area contributed by atoms with Crippen LogP contribution in [0.15, 0.2) is 23.3 Å². The van der Waals surface area contributed by atoms with Gasteiger partial charge in [-0.3, -0.25) is 4.79 Å². The average molecular weight is 297 g/mol. The molecule has 4 rings (SSSR count). The zero-order valence-electron chi connectivity index (χ0n) is 11.8. The molecule has 21 heavy (non-hydrogen) atoms. The van der Waals surface area contributed by atoms with Crippen molar-refractivity contribution in [3.8, 4) is 10.6 Å². The molecule has 0 bridgehead atoms. The summed E-state index contributed by atoms with van der Waals surface area (Å²) in [5, 5.41) is 1.63. The summed E-state index contributed by atoms with van der Waals surface area (Å²) < 4.78 is 0. The maximum absolute atomic E-state index is 12.0. The smallest absolute Gasteiger partial charge is 0.258 e. The predicted molar refractivity (Wildman–Crippen MR) is 84.9 cm³/mol. The summed E-state index contributed by atoms with van der Waals surface area (Å²) in [5.41, 5.74) is 3.93. The first-order valence-corrected chi connectivity index (χ1v) is 8.01. The SMILES string of the molecule is Cc1cc(-c2nc3c(s2)CCCC3)c2nc[nH]c(=O)c2c1. The molecule has 1 N–H and O–H groups in total. The zero-order chi connectivity index (χ0) is 14.4. The van der Waals surface area contributed by atoms with Crippen molar-refractivity contribution in [2.75, 3.05) is 0 Å². The van der Waals surface area contributed by atoms with E-state index >= 15 is 0 Å². The van der Waals surface area contributed by atoms with E-state index in [-0.39, 0.29) is 5.56 Å². The van der Waals surface area contributed by atoms with Crippen molar-refractivity contribution in [1.82, 2.24) is 15.0 Å². The molecule has 0 atom stereocenters.